The number of nitrogens with zero attached hydrogens (tertiary/aromatic N) is 2. The standard InChI is InChI=1S/C19H20N2O3S/c1-3-13-11-15-18(25-13)20-17(14-8-5-4-7-12(14)2)21(19(15)24)10-6-9-16(22)23/h4-5,7-8,11H,3,6,9-10H2,1-2H3,(H,22,23). The number of hydrogen-bond donors (Lipinski definition) is 1. The van der Waals surface area contributed by atoms with Gasteiger partial charge in [-0.3, -0.25) is 14.2 Å². The number of aliphatic carboxylic acids is 1. The maximum Gasteiger partial charge on any atom is 0.303 e. The first-order chi connectivity index (χ1) is 12.0. The first kappa shape index (κ1) is 17.4. The number of rotatable bonds is 6. The van der Waals surface area contributed by atoms with E-state index in [0.717, 1.165) is 27.3 Å². The fourth-order valence-corrected chi connectivity index (χ4v) is 3.82. The van der Waals surface area contributed by atoms with E-state index in [-0.39, 0.29) is 12.0 Å². The summed E-state index contributed by atoms with van der Waals surface area (Å²) >= 11 is 1.55. The van der Waals surface area contributed by atoms with Gasteiger partial charge in [-0.1, -0.05) is 31.2 Å². The molecule has 5 nitrogen and oxygen atoms in total. The number of carbonyl (C=O) groups is 1. The fraction of sp³-hybridized carbons (Fsp3) is 0.316. The monoisotopic (exact) mass is 356 g/mol. The lowest BCUT2D eigenvalue weighted by molar-refractivity contribution is -0.137. The van der Waals surface area contributed by atoms with Gasteiger partial charge in [-0.2, -0.15) is 0 Å². The molecular formula is C19H20N2O3S. The predicted octanol–water partition coefficient (Wildman–Crippen LogP) is 3.86. The third-order valence-electron chi connectivity index (χ3n) is 4.21. The van der Waals surface area contributed by atoms with Crippen molar-refractivity contribution < 1.29 is 9.90 Å². The van der Waals surface area contributed by atoms with Gasteiger partial charge in [0.2, 0.25) is 0 Å². The number of carboxylic acid groups (broad SMARTS) is 1. The number of aryl methyl sites for hydroxylation is 2. The van der Waals surface area contributed by atoms with Crippen LogP contribution in [-0.2, 0) is 17.8 Å². The van der Waals surface area contributed by atoms with E-state index in [9.17, 15) is 9.59 Å². The van der Waals surface area contributed by atoms with Crippen LogP contribution in [0.5, 0.6) is 0 Å². The van der Waals surface area contributed by atoms with Crippen LogP contribution >= 0.6 is 11.3 Å². The Morgan fingerprint density at radius 3 is 2.76 bits per heavy atom. The zero-order valence-corrected chi connectivity index (χ0v) is 15.1. The van der Waals surface area contributed by atoms with Crippen LogP contribution in [0.25, 0.3) is 21.6 Å². The second kappa shape index (κ2) is 7.19. The fourth-order valence-electron chi connectivity index (χ4n) is 2.87. The topological polar surface area (TPSA) is 72.2 Å². The summed E-state index contributed by atoms with van der Waals surface area (Å²) < 4.78 is 1.62. The summed E-state index contributed by atoms with van der Waals surface area (Å²) in [6.45, 7) is 4.38. The van der Waals surface area contributed by atoms with E-state index in [4.69, 9.17) is 10.1 Å². The van der Waals surface area contributed by atoms with Gasteiger partial charge in [0, 0.05) is 23.4 Å². The number of thiophene rings is 1. The lowest BCUT2D eigenvalue weighted by atomic mass is 10.1. The molecule has 25 heavy (non-hydrogen) atoms. The van der Waals surface area contributed by atoms with Crippen LogP contribution in [0.2, 0.25) is 0 Å². The van der Waals surface area contributed by atoms with E-state index in [2.05, 4.69) is 6.92 Å². The second-order valence-electron chi connectivity index (χ2n) is 5.99. The number of benzene rings is 1. The molecule has 0 fully saturated rings. The highest BCUT2D eigenvalue weighted by molar-refractivity contribution is 7.18. The Morgan fingerprint density at radius 1 is 1.32 bits per heavy atom. The summed E-state index contributed by atoms with van der Waals surface area (Å²) in [6, 6.07) is 9.71. The van der Waals surface area contributed by atoms with Crippen LogP contribution in [0.4, 0.5) is 0 Å². The van der Waals surface area contributed by atoms with Gasteiger partial charge in [-0.25, -0.2) is 4.98 Å². The quantitative estimate of drug-likeness (QED) is 0.728. The van der Waals surface area contributed by atoms with Crippen LogP contribution in [-0.4, -0.2) is 20.6 Å². The van der Waals surface area contributed by atoms with E-state index < -0.39 is 5.97 Å². The number of aromatic nitrogens is 2. The van der Waals surface area contributed by atoms with Crippen LogP contribution < -0.4 is 5.56 Å². The van der Waals surface area contributed by atoms with Gasteiger partial charge in [0.15, 0.2) is 0 Å². The van der Waals surface area contributed by atoms with Crippen molar-refractivity contribution in [1.82, 2.24) is 9.55 Å². The molecular weight excluding hydrogens is 336 g/mol. The smallest absolute Gasteiger partial charge is 0.303 e. The average Bonchev–Trinajstić information content (AvgIpc) is 3.00. The van der Waals surface area contributed by atoms with Gasteiger partial charge in [-0.15, -0.1) is 11.3 Å². The number of fused-ring (bicyclic) bond motifs is 1. The zero-order valence-electron chi connectivity index (χ0n) is 14.3. The molecule has 0 amide bonds. The SMILES string of the molecule is CCc1cc2c(=O)n(CCCC(=O)O)c(-c3ccccc3C)nc2s1. The normalized spacial score (nSPS) is 11.1. The molecule has 3 rings (SSSR count). The third-order valence-corrected chi connectivity index (χ3v) is 5.38. The first-order valence-corrected chi connectivity index (χ1v) is 9.14. The molecule has 6 heteroatoms. The molecule has 2 heterocycles. The van der Waals surface area contributed by atoms with Gasteiger partial charge >= 0.3 is 5.97 Å². The lowest BCUT2D eigenvalue weighted by Gasteiger charge is -2.13. The summed E-state index contributed by atoms with van der Waals surface area (Å²) in [6.07, 6.45) is 1.28. The van der Waals surface area contributed by atoms with Crippen molar-refractivity contribution in [2.45, 2.75) is 39.7 Å². The van der Waals surface area contributed by atoms with E-state index in [1.165, 1.54) is 0 Å². The lowest BCUT2D eigenvalue weighted by Crippen LogP contribution is -2.23. The van der Waals surface area contributed by atoms with Crippen molar-refractivity contribution in [3.63, 3.8) is 0 Å². The zero-order chi connectivity index (χ0) is 18.0. The van der Waals surface area contributed by atoms with Crippen molar-refractivity contribution in [3.05, 3.63) is 51.1 Å². The van der Waals surface area contributed by atoms with Crippen LogP contribution in [0.1, 0.15) is 30.2 Å². The Bertz CT molecular complexity index is 988. The van der Waals surface area contributed by atoms with Crippen LogP contribution in [0, 0.1) is 6.92 Å². The van der Waals surface area contributed by atoms with Crippen molar-refractivity contribution in [3.8, 4) is 11.4 Å². The Balaban J connectivity index is 2.19. The molecule has 0 aliphatic rings. The molecule has 0 atom stereocenters. The third kappa shape index (κ3) is 3.49. The molecule has 0 spiro atoms. The Morgan fingerprint density at radius 2 is 2.08 bits per heavy atom. The molecule has 1 aromatic carbocycles. The highest BCUT2D eigenvalue weighted by atomic mass is 32.1. The van der Waals surface area contributed by atoms with Gasteiger partial charge in [0.1, 0.15) is 10.7 Å². The van der Waals surface area contributed by atoms with Crippen molar-refractivity contribution in [2.75, 3.05) is 0 Å². The second-order valence-corrected chi connectivity index (χ2v) is 7.10. The highest BCUT2D eigenvalue weighted by Crippen LogP contribution is 2.27. The summed E-state index contributed by atoms with van der Waals surface area (Å²) in [4.78, 5) is 30.5. The maximum absolute atomic E-state index is 13.0. The summed E-state index contributed by atoms with van der Waals surface area (Å²) in [5, 5.41) is 9.52. The Kier molecular flexibility index (Phi) is 4.99. The minimum absolute atomic E-state index is 0.0293. The molecule has 3 aromatic rings. The van der Waals surface area contributed by atoms with Gasteiger partial charge in [-0.05, 0) is 31.4 Å². The predicted molar refractivity (Wildman–Crippen MR) is 100 cm³/mol. The average molecular weight is 356 g/mol. The van der Waals surface area contributed by atoms with Crippen LogP contribution in [0.15, 0.2) is 35.1 Å². The molecule has 0 aliphatic carbocycles. The van der Waals surface area contributed by atoms with Crippen LogP contribution in [0.3, 0.4) is 0 Å². The molecule has 0 aliphatic heterocycles. The first-order valence-electron chi connectivity index (χ1n) is 8.32. The minimum atomic E-state index is -0.858. The van der Waals surface area contributed by atoms with E-state index >= 15 is 0 Å². The van der Waals surface area contributed by atoms with E-state index in [0.29, 0.717) is 24.2 Å². The number of carboxylic acids is 1. The van der Waals surface area contributed by atoms with Crippen molar-refractivity contribution in [2.24, 2.45) is 0 Å². The maximum atomic E-state index is 13.0. The van der Waals surface area contributed by atoms with Crippen molar-refractivity contribution >= 4 is 27.5 Å². The Labute approximate surface area is 149 Å². The number of hydrogen-bond acceptors (Lipinski definition) is 4. The molecule has 0 unspecified atom stereocenters. The van der Waals surface area contributed by atoms with E-state index in [1.54, 1.807) is 15.9 Å². The summed E-state index contributed by atoms with van der Waals surface area (Å²) in [5.41, 5.74) is 1.85. The highest BCUT2D eigenvalue weighted by Gasteiger charge is 2.16. The molecule has 1 N–H and O–H groups in total. The van der Waals surface area contributed by atoms with Gasteiger partial charge in [0.25, 0.3) is 5.56 Å². The molecule has 0 radical (unpaired) electrons. The minimum Gasteiger partial charge on any atom is -0.481 e. The summed E-state index contributed by atoms with van der Waals surface area (Å²) in [7, 11) is 0. The summed E-state index contributed by atoms with van der Waals surface area (Å²) in [5.74, 6) is -0.242. The molecule has 130 valence electrons. The Hall–Kier alpha value is -2.47. The molecule has 2 aromatic heterocycles. The molecule has 0 saturated heterocycles. The van der Waals surface area contributed by atoms with Crippen molar-refractivity contribution in [1.29, 1.82) is 0 Å². The largest absolute Gasteiger partial charge is 0.481 e. The van der Waals surface area contributed by atoms with Gasteiger partial charge < -0.3 is 5.11 Å². The van der Waals surface area contributed by atoms with E-state index in [1.807, 2.05) is 37.3 Å². The molecule has 0 bridgehead atoms. The molecule has 0 saturated carbocycles. The van der Waals surface area contributed by atoms with Gasteiger partial charge in [0.05, 0.1) is 5.39 Å².